The fourth-order valence-corrected chi connectivity index (χ4v) is 1.71. The minimum Gasteiger partial charge on any atom is -0.362 e. The molecular weight excluding hydrogens is 176 g/mol. The summed E-state index contributed by atoms with van der Waals surface area (Å²) in [4.78, 5) is 13.5. The van der Waals surface area contributed by atoms with Gasteiger partial charge in [-0.05, 0) is 12.1 Å². The number of carbonyl (C=O) groups excluding carboxylic acids is 1. The van der Waals surface area contributed by atoms with Gasteiger partial charge in [-0.15, -0.1) is 0 Å². The number of anilines is 1. The van der Waals surface area contributed by atoms with Gasteiger partial charge in [0.2, 0.25) is 0 Å². The smallest absolute Gasteiger partial charge is 0.184 e. The first-order valence-corrected chi connectivity index (χ1v) is 4.57. The normalized spacial score (nSPS) is 13.9. The van der Waals surface area contributed by atoms with E-state index in [4.69, 9.17) is 5.26 Å². The number of benzene rings is 1. The maximum absolute atomic E-state index is 11.5. The SMILES string of the molecule is N#CCCN1CC(=O)c2ccccc21. The third-order valence-electron chi connectivity index (χ3n) is 2.37. The zero-order valence-corrected chi connectivity index (χ0v) is 7.73. The third-order valence-corrected chi connectivity index (χ3v) is 2.37. The van der Waals surface area contributed by atoms with Crippen molar-refractivity contribution in [3.8, 4) is 6.07 Å². The summed E-state index contributed by atoms with van der Waals surface area (Å²) >= 11 is 0. The molecule has 0 aliphatic carbocycles. The summed E-state index contributed by atoms with van der Waals surface area (Å²) in [5.41, 5.74) is 1.75. The van der Waals surface area contributed by atoms with Crippen LogP contribution in [0.2, 0.25) is 0 Å². The van der Waals surface area contributed by atoms with Crippen LogP contribution in [0.15, 0.2) is 24.3 Å². The van der Waals surface area contributed by atoms with Crippen LogP contribution in [-0.4, -0.2) is 18.9 Å². The zero-order valence-electron chi connectivity index (χ0n) is 7.73. The van der Waals surface area contributed by atoms with E-state index >= 15 is 0 Å². The van der Waals surface area contributed by atoms with Crippen LogP contribution < -0.4 is 4.90 Å². The quantitative estimate of drug-likeness (QED) is 0.704. The van der Waals surface area contributed by atoms with E-state index in [0.717, 1.165) is 11.3 Å². The van der Waals surface area contributed by atoms with Crippen LogP contribution in [0.5, 0.6) is 0 Å². The van der Waals surface area contributed by atoms with Crippen molar-refractivity contribution in [3.63, 3.8) is 0 Å². The predicted molar refractivity (Wildman–Crippen MR) is 53.2 cm³/mol. The molecule has 1 aliphatic rings. The van der Waals surface area contributed by atoms with Crippen molar-refractivity contribution >= 4 is 11.5 Å². The lowest BCUT2D eigenvalue weighted by Gasteiger charge is -2.15. The first-order chi connectivity index (χ1) is 6.83. The number of fused-ring (bicyclic) bond motifs is 1. The summed E-state index contributed by atoms with van der Waals surface area (Å²) < 4.78 is 0. The van der Waals surface area contributed by atoms with E-state index in [9.17, 15) is 4.79 Å². The molecule has 0 fully saturated rings. The Kier molecular flexibility index (Phi) is 2.19. The molecule has 1 aromatic carbocycles. The number of Topliss-reactive ketones (excluding diaryl/α,β-unsaturated/α-hetero) is 1. The topological polar surface area (TPSA) is 44.1 Å². The van der Waals surface area contributed by atoms with Gasteiger partial charge < -0.3 is 4.90 Å². The highest BCUT2D eigenvalue weighted by atomic mass is 16.1. The molecule has 0 saturated heterocycles. The Labute approximate surface area is 82.6 Å². The summed E-state index contributed by atoms with van der Waals surface area (Å²) in [7, 11) is 0. The number of carbonyl (C=O) groups is 1. The van der Waals surface area contributed by atoms with Gasteiger partial charge in [-0.3, -0.25) is 4.79 Å². The number of ketones is 1. The van der Waals surface area contributed by atoms with Crippen LogP contribution in [-0.2, 0) is 0 Å². The van der Waals surface area contributed by atoms with Crippen LogP contribution >= 0.6 is 0 Å². The molecule has 0 atom stereocenters. The van der Waals surface area contributed by atoms with E-state index in [2.05, 4.69) is 6.07 Å². The molecule has 1 aromatic rings. The highest BCUT2D eigenvalue weighted by Crippen LogP contribution is 2.27. The van der Waals surface area contributed by atoms with Crippen LogP contribution in [0.4, 0.5) is 5.69 Å². The molecule has 0 unspecified atom stereocenters. The summed E-state index contributed by atoms with van der Waals surface area (Å²) in [6, 6.07) is 9.63. The fraction of sp³-hybridized carbons (Fsp3) is 0.273. The number of hydrogen-bond donors (Lipinski definition) is 0. The molecule has 70 valence electrons. The molecule has 0 radical (unpaired) electrons. The van der Waals surface area contributed by atoms with Gasteiger partial charge in [-0.2, -0.15) is 5.26 Å². The largest absolute Gasteiger partial charge is 0.362 e. The zero-order chi connectivity index (χ0) is 9.97. The first kappa shape index (κ1) is 8.76. The molecule has 1 heterocycles. The van der Waals surface area contributed by atoms with Crippen molar-refractivity contribution in [2.24, 2.45) is 0 Å². The molecule has 0 saturated carbocycles. The maximum Gasteiger partial charge on any atom is 0.184 e. The highest BCUT2D eigenvalue weighted by molar-refractivity contribution is 6.08. The van der Waals surface area contributed by atoms with E-state index < -0.39 is 0 Å². The predicted octanol–water partition coefficient (Wildman–Crippen LogP) is 1.60. The van der Waals surface area contributed by atoms with Crippen molar-refractivity contribution in [1.29, 1.82) is 5.26 Å². The van der Waals surface area contributed by atoms with Crippen LogP contribution in [0.3, 0.4) is 0 Å². The van der Waals surface area contributed by atoms with E-state index in [-0.39, 0.29) is 5.78 Å². The number of rotatable bonds is 2. The lowest BCUT2D eigenvalue weighted by molar-refractivity contribution is 0.101. The second-order valence-electron chi connectivity index (χ2n) is 3.27. The minimum atomic E-state index is 0.151. The molecule has 14 heavy (non-hydrogen) atoms. The van der Waals surface area contributed by atoms with Gasteiger partial charge >= 0.3 is 0 Å². The Morgan fingerprint density at radius 3 is 3.00 bits per heavy atom. The van der Waals surface area contributed by atoms with Gasteiger partial charge in [0.15, 0.2) is 5.78 Å². The van der Waals surface area contributed by atoms with Crippen LogP contribution in [0, 0.1) is 11.3 Å². The van der Waals surface area contributed by atoms with E-state index in [1.807, 2.05) is 29.2 Å². The molecule has 0 bridgehead atoms. The fourth-order valence-electron chi connectivity index (χ4n) is 1.71. The average molecular weight is 186 g/mol. The molecular formula is C11H10N2O. The number of hydrogen-bond acceptors (Lipinski definition) is 3. The van der Waals surface area contributed by atoms with Crippen LogP contribution in [0.1, 0.15) is 16.8 Å². The second kappa shape index (κ2) is 3.51. The van der Waals surface area contributed by atoms with Gasteiger partial charge in [0, 0.05) is 17.8 Å². The molecule has 0 aromatic heterocycles. The second-order valence-corrected chi connectivity index (χ2v) is 3.27. The van der Waals surface area contributed by atoms with Crippen molar-refractivity contribution in [3.05, 3.63) is 29.8 Å². The number of nitriles is 1. The Hall–Kier alpha value is -1.82. The molecule has 2 rings (SSSR count). The Balaban J connectivity index is 2.26. The monoisotopic (exact) mass is 186 g/mol. The van der Waals surface area contributed by atoms with Gasteiger partial charge in [0.05, 0.1) is 19.0 Å². The van der Waals surface area contributed by atoms with Gasteiger partial charge in [0.25, 0.3) is 0 Å². The molecule has 3 nitrogen and oxygen atoms in total. The van der Waals surface area contributed by atoms with Crippen molar-refractivity contribution in [2.45, 2.75) is 6.42 Å². The van der Waals surface area contributed by atoms with Gasteiger partial charge in [-0.25, -0.2) is 0 Å². The summed E-state index contributed by atoms with van der Waals surface area (Å²) in [6.45, 7) is 1.06. The summed E-state index contributed by atoms with van der Waals surface area (Å²) in [5.74, 6) is 0.151. The lowest BCUT2D eigenvalue weighted by atomic mass is 10.1. The van der Waals surface area contributed by atoms with Crippen molar-refractivity contribution in [2.75, 3.05) is 18.0 Å². The molecule has 3 heteroatoms. The summed E-state index contributed by atoms with van der Waals surface area (Å²) in [6.07, 6.45) is 0.460. The number of nitrogens with zero attached hydrogens (tertiary/aromatic N) is 2. The molecule has 0 N–H and O–H groups in total. The standard InChI is InChI=1S/C11H10N2O/c12-6-3-7-13-8-11(14)9-4-1-2-5-10(9)13/h1-2,4-5H,3,7-8H2. The maximum atomic E-state index is 11.5. The van der Waals surface area contributed by atoms with Gasteiger partial charge in [0.1, 0.15) is 0 Å². The van der Waals surface area contributed by atoms with E-state index in [0.29, 0.717) is 19.5 Å². The summed E-state index contributed by atoms with van der Waals surface area (Å²) in [5, 5.41) is 8.48. The lowest BCUT2D eigenvalue weighted by Crippen LogP contribution is -2.23. The molecule has 0 spiro atoms. The average Bonchev–Trinajstić information content (AvgIpc) is 2.54. The minimum absolute atomic E-state index is 0.151. The van der Waals surface area contributed by atoms with Crippen molar-refractivity contribution < 1.29 is 4.79 Å². The molecule has 0 amide bonds. The third kappa shape index (κ3) is 1.35. The van der Waals surface area contributed by atoms with Crippen LogP contribution in [0.25, 0.3) is 0 Å². The van der Waals surface area contributed by atoms with E-state index in [1.54, 1.807) is 0 Å². The first-order valence-electron chi connectivity index (χ1n) is 4.57. The Morgan fingerprint density at radius 1 is 1.43 bits per heavy atom. The van der Waals surface area contributed by atoms with Gasteiger partial charge in [-0.1, -0.05) is 12.1 Å². The molecule has 1 aliphatic heterocycles. The number of para-hydroxylation sites is 1. The van der Waals surface area contributed by atoms with E-state index in [1.165, 1.54) is 0 Å². The van der Waals surface area contributed by atoms with Crippen molar-refractivity contribution in [1.82, 2.24) is 0 Å². The Morgan fingerprint density at radius 2 is 2.21 bits per heavy atom. The Bertz CT molecular complexity index is 406. The highest BCUT2D eigenvalue weighted by Gasteiger charge is 2.24.